The van der Waals surface area contributed by atoms with Gasteiger partial charge >= 0.3 is 0 Å². The SMILES string of the molecule is CC(=O)c1cc2c(cc1NC(=O)C[NH+](C)[C@@H]1CCCc3ccccc31)OCO2. The van der Waals surface area contributed by atoms with Crippen LogP contribution in [0.5, 0.6) is 11.5 Å². The van der Waals surface area contributed by atoms with Crippen LogP contribution in [0.2, 0.25) is 0 Å². The van der Waals surface area contributed by atoms with Crippen molar-refractivity contribution in [2.45, 2.75) is 32.2 Å². The second-order valence-corrected chi connectivity index (χ2v) is 7.52. The van der Waals surface area contributed by atoms with E-state index in [1.807, 2.05) is 0 Å². The first-order valence-electron chi connectivity index (χ1n) is 9.67. The Balaban J connectivity index is 1.49. The van der Waals surface area contributed by atoms with Gasteiger partial charge in [-0.1, -0.05) is 24.3 Å². The largest absolute Gasteiger partial charge is 0.454 e. The summed E-state index contributed by atoms with van der Waals surface area (Å²) in [5.74, 6) is 0.824. The molecule has 1 aliphatic carbocycles. The summed E-state index contributed by atoms with van der Waals surface area (Å²) in [6.07, 6.45) is 3.31. The van der Waals surface area contributed by atoms with Gasteiger partial charge in [0.2, 0.25) is 6.79 Å². The molecule has 0 fully saturated rings. The molecular formula is C22H25N2O4+. The second-order valence-electron chi connectivity index (χ2n) is 7.52. The number of ketones is 1. The Labute approximate surface area is 164 Å². The first-order chi connectivity index (χ1) is 13.5. The lowest BCUT2D eigenvalue weighted by Crippen LogP contribution is -3.10. The van der Waals surface area contributed by atoms with Gasteiger partial charge in [-0.15, -0.1) is 0 Å². The van der Waals surface area contributed by atoms with Gasteiger partial charge in [0.25, 0.3) is 5.91 Å². The van der Waals surface area contributed by atoms with Crippen LogP contribution < -0.4 is 19.7 Å². The number of amides is 1. The molecule has 1 aliphatic heterocycles. The number of rotatable bonds is 5. The molecule has 0 saturated carbocycles. The van der Waals surface area contributed by atoms with Gasteiger partial charge in [-0.3, -0.25) is 9.59 Å². The molecule has 1 unspecified atom stereocenters. The van der Waals surface area contributed by atoms with Crippen molar-refractivity contribution in [1.82, 2.24) is 0 Å². The van der Waals surface area contributed by atoms with E-state index >= 15 is 0 Å². The highest BCUT2D eigenvalue weighted by atomic mass is 16.7. The summed E-state index contributed by atoms with van der Waals surface area (Å²) in [5, 5.41) is 2.90. The van der Waals surface area contributed by atoms with E-state index in [0.717, 1.165) is 24.2 Å². The zero-order chi connectivity index (χ0) is 19.7. The third-order valence-electron chi connectivity index (χ3n) is 5.57. The van der Waals surface area contributed by atoms with Crippen LogP contribution in [0.3, 0.4) is 0 Å². The van der Waals surface area contributed by atoms with Crippen molar-refractivity contribution < 1.29 is 24.0 Å². The molecule has 0 aromatic heterocycles. The number of hydrogen-bond acceptors (Lipinski definition) is 4. The van der Waals surface area contributed by atoms with E-state index in [1.165, 1.54) is 18.1 Å². The summed E-state index contributed by atoms with van der Waals surface area (Å²) in [4.78, 5) is 25.9. The van der Waals surface area contributed by atoms with Gasteiger partial charge in [0.15, 0.2) is 23.8 Å². The Morgan fingerprint density at radius 1 is 1.18 bits per heavy atom. The van der Waals surface area contributed by atoms with Gasteiger partial charge in [0.1, 0.15) is 6.04 Å². The third kappa shape index (κ3) is 3.60. The highest BCUT2D eigenvalue weighted by molar-refractivity contribution is 6.04. The number of aryl methyl sites for hydroxylation is 1. The van der Waals surface area contributed by atoms with Gasteiger partial charge in [0.05, 0.1) is 12.7 Å². The average Bonchev–Trinajstić information content (AvgIpc) is 3.14. The predicted octanol–water partition coefficient (Wildman–Crippen LogP) is 2.15. The Morgan fingerprint density at radius 3 is 2.71 bits per heavy atom. The van der Waals surface area contributed by atoms with E-state index in [0.29, 0.717) is 35.3 Å². The fraction of sp³-hybridized carbons (Fsp3) is 0.364. The highest BCUT2D eigenvalue weighted by Crippen LogP contribution is 2.37. The quantitative estimate of drug-likeness (QED) is 0.779. The fourth-order valence-corrected chi connectivity index (χ4v) is 4.17. The van der Waals surface area contributed by atoms with Crippen molar-refractivity contribution in [1.29, 1.82) is 0 Å². The molecule has 1 heterocycles. The number of hydrogen-bond donors (Lipinski definition) is 2. The molecule has 2 aromatic rings. The Kier molecular flexibility index (Phi) is 5.05. The molecule has 0 saturated heterocycles. The molecule has 6 nitrogen and oxygen atoms in total. The van der Waals surface area contributed by atoms with E-state index < -0.39 is 0 Å². The van der Waals surface area contributed by atoms with E-state index in [4.69, 9.17) is 9.47 Å². The summed E-state index contributed by atoms with van der Waals surface area (Å²) < 4.78 is 10.7. The fourth-order valence-electron chi connectivity index (χ4n) is 4.17. The topological polar surface area (TPSA) is 69.1 Å². The van der Waals surface area contributed by atoms with E-state index in [-0.39, 0.29) is 18.5 Å². The van der Waals surface area contributed by atoms with Crippen molar-refractivity contribution in [3.63, 3.8) is 0 Å². The van der Waals surface area contributed by atoms with Crippen LogP contribution >= 0.6 is 0 Å². The maximum Gasteiger partial charge on any atom is 0.279 e. The average molecular weight is 381 g/mol. The van der Waals surface area contributed by atoms with Crippen molar-refractivity contribution in [3.8, 4) is 11.5 Å². The van der Waals surface area contributed by atoms with Crippen molar-refractivity contribution >= 4 is 17.4 Å². The number of fused-ring (bicyclic) bond motifs is 2. The van der Waals surface area contributed by atoms with Crippen molar-refractivity contribution in [2.75, 3.05) is 25.7 Å². The Morgan fingerprint density at radius 2 is 1.93 bits per heavy atom. The normalized spacial score (nSPS) is 18.3. The van der Waals surface area contributed by atoms with E-state index in [2.05, 4.69) is 36.6 Å². The number of quaternary nitrogens is 1. The second kappa shape index (κ2) is 7.64. The van der Waals surface area contributed by atoms with Crippen molar-refractivity contribution in [2.24, 2.45) is 0 Å². The lowest BCUT2D eigenvalue weighted by atomic mass is 9.87. The smallest absolute Gasteiger partial charge is 0.279 e. The van der Waals surface area contributed by atoms with Crippen LogP contribution in [-0.4, -0.2) is 32.1 Å². The van der Waals surface area contributed by atoms with Crippen LogP contribution in [0, 0.1) is 0 Å². The summed E-state index contributed by atoms with van der Waals surface area (Å²) >= 11 is 0. The molecule has 146 valence electrons. The van der Waals surface area contributed by atoms with E-state index in [9.17, 15) is 9.59 Å². The maximum atomic E-state index is 12.7. The van der Waals surface area contributed by atoms with Crippen LogP contribution in [0.15, 0.2) is 36.4 Å². The first-order valence-corrected chi connectivity index (χ1v) is 9.67. The molecule has 4 rings (SSSR count). The molecule has 0 spiro atoms. The van der Waals surface area contributed by atoms with E-state index in [1.54, 1.807) is 12.1 Å². The maximum absolute atomic E-state index is 12.7. The molecule has 28 heavy (non-hydrogen) atoms. The number of Topliss-reactive ketones (excluding diaryl/α,β-unsaturated/α-hetero) is 1. The number of likely N-dealkylation sites (N-methyl/N-ethyl adjacent to an activating group) is 1. The highest BCUT2D eigenvalue weighted by Gasteiger charge is 2.28. The number of anilines is 1. The third-order valence-corrected chi connectivity index (χ3v) is 5.57. The standard InChI is InChI=1S/C22H24N2O4/c1-14(25)17-10-20-21(28-13-27-20)11-18(17)23-22(26)12-24(2)19-9-5-7-15-6-3-4-8-16(15)19/h3-4,6,8,10-11,19H,5,7,9,12-13H2,1-2H3,(H,23,26)/p+1/t19-/m1/s1. The monoisotopic (exact) mass is 381 g/mol. The van der Waals surface area contributed by atoms with Crippen LogP contribution in [-0.2, 0) is 11.2 Å². The summed E-state index contributed by atoms with van der Waals surface area (Å²) in [6.45, 7) is 1.92. The zero-order valence-electron chi connectivity index (χ0n) is 16.2. The number of carbonyl (C=O) groups is 2. The lowest BCUT2D eigenvalue weighted by Gasteiger charge is -2.30. The minimum Gasteiger partial charge on any atom is -0.454 e. The van der Waals surface area contributed by atoms with Crippen molar-refractivity contribution in [3.05, 3.63) is 53.1 Å². The molecule has 2 atom stereocenters. The summed E-state index contributed by atoms with van der Waals surface area (Å²) in [6, 6.07) is 12.1. The van der Waals surface area contributed by atoms with Crippen LogP contribution in [0.25, 0.3) is 0 Å². The molecule has 2 aliphatic rings. The number of ether oxygens (including phenoxy) is 2. The summed E-state index contributed by atoms with van der Waals surface area (Å²) in [5.41, 5.74) is 3.62. The van der Waals surface area contributed by atoms with Gasteiger partial charge in [-0.2, -0.15) is 0 Å². The molecule has 1 amide bonds. The van der Waals surface area contributed by atoms with Crippen LogP contribution in [0.4, 0.5) is 5.69 Å². The molecule has 2 N–H and O–H groups in total. The molecule has 0 bridgehead atoms. The first kappa shape index (κ1) is 18.5. The molecule has 2 aromatic carbocycles. The number of benzene rings is 2. The predicted molar refractivity (Wildman–Crippen MR) is 105 cm³/mol. The molecule has 0 radical (unpaired) electrons. The Bertz CT molecular complexity index is 925. The molecular weight excluding hydrogens is 356 g/mol. The zero-order valence-corrected chi connectivity index (χ0v) is 16.2. The lowest BCUT2D eigenvalue weighted by molar-refractivity contribution is -0.905. The summed E-state index contributed by atoms with van der Waals surface area (Å²) in [7, 11) is 2.05. The van der Waals surface area contributed by atoms with Gasteiger partial charge < -0.3 is 19.7 Å². The minimum absolute atomic E-state index is 0.123. The van der Waals surface area contributed by atoms with Gasteiger partial charge in [0, 0.05) is 23.6 Å². The van der Waals surface area contributed by atoms with Crippen LogP contribution in [0.1, 0.15) is 47.3 Å². The van der Waals surface area contributed by atoms with Gasteiger partial charge in [-0.25, -0.2) is 0 Å². The van der Waals surface area contributed by atoms with Gasteiger partial charge in [-0.05, 0) is 31.4 Å². The molecule has 6 heteroatoms. The Hall–Kier alpha value is -2.86. The minimum atomic E-state index is -0.129. The number of nitrogens with one attached hydrogen (secondary N) is 2. The number of carbonyl (C=O) groups excluding carboxylic acids is 2.